The van der Waals surface area contributed by atoms with Crippen LogP contribution in [0.4, 0.5) is 0 Å². The molecule has 0 unspecified atom stereocenters. The normalized spacial score (nSPS) is 10.9. The number of benzene rings is 2. The quantitative estimate of drug-likeness (QED) is 0.502. The van der Waals surface area contributed by atoms with Crippen LogP contribution in [0.2, 0.25) is 0 Å². The molecule has 0 fully saturated rings. The highest BCUT2D eigenvalue weighted by Gasteiger charge is 2.16. The molecule has 0 aliphatic heterocycles. The summed E-state index contributed by atoms with van der Waals surface area (Å²) in [5, 5.41) is 8.39. The first-order valence-electron chi connectivity index (χ1n) is 8.29. The minimum absolute atomic E-state index is 0.103. The van der Waals surface area contributed by atoms with Crippen molar-refractivity contribution in [1.29, 1.82) is 0 Å². The van der Waals surface area contributed by atoms with Crippen molar-refractivity contribution >= 4 is 11.8 Å². The fourth-order valence-electron chi connectivity index (χ4n) is 2.65. The molecule has 27 heavy (non-hydrogen) atoms. The minimum atomic E-state index is -0.271. The number of hydrogen-bond acceptors (Lipinski definition) is 6. The lowest BCUT2D eigenvalue weighted by Gasteiger charge is -2.06. The monoisotopic (exact) mass is 376 g/mol. The van der Waals surface area contributed by atoms with Gasteiger partial charge in [0.05, 0.1) is 5.69 Å². The lowest BCUT2D eigenvalue weighted by atomic mass is 10.2. The van der Waals surface area contributed by atoms with Gasteiger partial charge < -0.3 is 4.52 Å². The summed E-state index contributed by atoms with van der Waals surface area (Å²) < 4.78 is 6.94. The number of nitrogens with zero attached hydrogens (tertiary/aromatic N) is 4. The summed E-state index contributed by atoms with van der Waals surface area (Å²) in [6.45, 7) is 2.00. The van der Waals surface area contributed by atoms with Crippen LogP contribution in [0.15, 0.2) is 75.0 Å². The highest BCUT2D eigenvalue weighted by atomic mass is 32.2. The first kappa shape index (κ1) is 17.2. The Bertz CT molecular complexity index is 1150. The van der Waals surface area contributed by atoms with E-state index in [-0.39, 0.29) is 17.0 Å². The zero-order valence-corrected chi connectivity index (χ0v) is 15.6. The molecule has 0 aliphatic carbocycles. The number of thioether (sulfide) groups is 1. The molecule has 2 aromatic heterocycles. The van der Waals surface area contributed by atoms with E-state index in [1.165, 1.54) is 6.07 Å². The second-order valence-electron chi connectivity index (χ2n) is 5.96. The Morgan fingerprint density at radius 3 is 2.63 bits per heavy atom. The van der Waals surface area contributed by atoms with Crippen LogP contribution < -0.4 is 5.43 Å². The largest absolute Gasteiger partial charge is 0.332 e. The summed E-state index contributed by atoms with van der Waals surface area (Å²) in [7, 11) is 0. The van der Waals surface area contributed by atoms with Crippen molar-refractivity contribution in [2.75, 3.05) is 6.26 Å². The van der Waals surface area contributed by atoms with Gasteiger partial charge in [-0.25, -0.2) is 4.68 Å². The van der Waals surface area contributed by atoms with Crippen LogP contribution in [0.1, 0.15) is 5.56 Å². The van der Waals surface area contributed by atoms with E-state index in [1.54, 1.807) is 22.6 Å². The van der Waals surface area contributed by atoms with Gasteiger partial charge in [-0.15, -0.1) is 11.8 Å². The number of aromatic nitrogens is 4. The SMILES string of the molecule is CSc1ccc(-c2noc(-c3nn(-c4cccc(C)c4)ccc3=O)n2)cc1. The molecular weight excluding hydrogens is 360 g/mol. The summed E-state index contributed by atoms with van der Waals surface area (Å²) >= 11 is 1.66. The Morgan fingerprint density at radius 2 is 1.89 bits per heavy atom. The molecule has 0 spiro atoms. The van der Waals surface area contributed by atoms with Gasteiger partial charge in [0.25, 0.3) is 5.89 Å². The van der Waals surface area contributed by atoms with E-state index >= 15 is 0 Å². The minimum Gasteiger partial charge on any atom is -0.332 e. The second-order valence-corrected chi connectivity index (χ2v) is 6.84. The number of hydrogen-bond donors (Lipinski definition) is 0. The lowest BCUT2D eigenvalue weighted by Crippen LogP contribution is -2.12. The lowest BCUT2D eigenvalue weighted by molar-refractivity contribution is 0.429. The molecule has 2 heterocycles. The Balaban J connectivity index is 1.72. The molecule has 0 radical (unpaired) electrons. The van der Waals surface area contributed by atoms with Gasteiger partial charge in [0.15, 0.2) is 5.69 Å². The van der Waals surface area contributed by atoms with Crippen LogP contribution in [-0.4, -0.2) is 26.2 Å². The van der Waals surface area contributed by atoms with Gasteiger partial charge in [0, 0.05) is 22.7 Å². The standard InChI is InChI=1S/C20H16N4O2S/c1-13-4-3-5-15(12-13)24-11-10-17(25)18(22-24)20-21-19(23-26-20)14-6-8-16(27-2)9-7-14/h3-12H,1-2H3. The molecule has 0 aliphatic rings. The molecule has 0 saturated heterocycles. The fraction of sp³-hybridized carbons (Fsp3) is 0.100. The average Bonchev–Trinajstić information content (AvgIpc) is 3.18. The van der Waals surface area contributed by atoms with Gasteiger partial charge in [-0.05, 0) is 55.1 Å². The van der Waals surface area contributed by atoms with Crippen LogP contribution in [0.5, 0.6) is 0 Å². The molecule has 134 valence electrons. The highest BCUT2D eigenvalue weighted by molar-refractivity contribution is 7.98. The van der Waals surface area contributed by atoms with Crippen molar-refractivity contribution < 1.29 is 4.52 Å². The predicted molar refractivity (Wildman–Crippen MR) is 105 cm³/mol. The predicted octanol–water partition coefficient (Wildman–Crippen LogP) is 3.98. The third kappa shape index (κ3) is 3.54. The third-order valence-electron chi connectivity index (χ3n) is 4.05. The van der Waals surface area contributed by atoms with E-state index in [9.17, 15) is 4.79 Å². The van der Waals surface area contributed by atoms with Gasteiger partial charge in [-0.1, -0.05) is 17.3 Å². The van der Waals surface area contributed by atoms with E-state index in [0.717, 1.165) is 21.7 Å². The summed E-state index contributed by atoms with van der Waals surface area (Å²) in [6.07, 6.45) is 3.64. The molecule has 6 nitrogen and oxygen atoms in total. The topological polar surface area (TPSA) is 73.8 Å². The molecule has 0 saturated carbocycles. The molecule has 0 bridgehead atoms. The van der Waals surface area contributed by atoms with Crippen LogP contribution in [0.3, 0.4) is 0 Å². The molecule has 4 rings (SSSR count). The van der Waals surface area contributed by atoms with Crippen LogP contribution >= 0.6 is 11.8 Å². The Kier molecular flexibility index (Phi) is 4.60. The summed E-state index contributed by atoms with van der Waals surface area (Å²) in [4.78, 5) is 17.8. The van der Waals surface area contributed by atoms with Crippen molar-refractivity contribution in [2.45, 2.75) is 11.8 Å². The highest BCUT2D eigenvalue weighted by Crippen LogP contribution is 2.22. The van der Waals surface area contributed by atoms with E-state index in [1.807, 2.05) is 61.7 Å². The Hall–Kier alpha value is -3.19. The summed E-state index contributed by atoms with van der Waals surface area (Å²) in [6, 6.07) is 17.1. The van der Waals surface area contributed by atoms with E-state index in [4.69, 9.17) is 4.52 Å². The van der Waals surface area contributed by atoms with Crippen molar-refractivity contribution in [2.24, 2.45) is 0 Å². The van der Waals surface area contributed by atoms with Crippen molar-refractivity contribution in [3.05, 3.63) is 76.6 Å². The van der Waals surface area contributed by atoms with Gasteiger partial charge in [-0.3, -0.25) is 4.79 Å². The van der Waals surface area contributed by atoms with Gasteiger partial charge in [-0.2, -0.15) is 10.1 Å². The maximum Gasteiger partial charge on any atom is 0.282 e. The van der Waals surface area contributed by atoms with Crippen molar-refractivity contribution in [1.82, 2.24) is 19.9 Å². The molecule has 0 N–H and O–H groups in total. The van der Waals surface area contributed by atoms with Crippen molar-refractivity contribution in [3.8, 4) is 28.7 Å². The Morgan fingerprint density at radius 1 is 1.07 bits per heavy atom. The summed E-state index contributed by atoms with van der Waals surface area (Å²) in [5.74, 6) is 0.524. The zero-order chi connectivity index (χ0) is 18.8. The van der Waals surface area contributed by atoms with Crippen LogP contribution in [0, 0.1) is 6.92 Å². The molecule has 2 aromatic carbocycles. The van der Waals surface area contributed by atoms with E-state index < -0.39 is 0 Å². The average molecular weight is 376 g/mol. The molecule has 0 atom stereocenters. The van der Waals surface area contributed by atoms with Crippen LogP contribution in [0.25, 0.3) is 28.7 Å². The molecule has 0 amide bonds. The first-order valence-corrected chi connectivity index (χ1v) is 9.52. The van der Waals surface area contributed by atoms with Crippen LogP contribution in [-0.2, 0) is 0 Å². The smallest absolute Gasteiger partial charge is 0.282 e. The second kappa shape index (κ2) is 7.20. The number of aryl methyl sites for hydroxylation is 1. The van der Waals surface area contributed by atoms with Gasteiger partial charge in [0.2, 0.25) is 11.3 Å². The molecule has 4 aromatic rings. The van der Waals surface area contributed by atoms with E-state index in [2.05, 4.69) is 15.2 Å². The third-order valence-corrected chi connectivity index (χ3v) is 4.79. The van der Waals surface area contributed by atoms with Gasteiger partial charge >= 0.3 is 0 Å². The maximum absolute atomic E-state index is 12.3. The fourth-order valence-corrected chi connectivity index (χ4v) is 3.06. The van der Waals surface area contributed by atoms with E-state index in [0.29, 0.717) is 5.82 Å². The summed E-state index contributed by atoms with van der Waals surface area (Å²) in [5.41, 5.74) is 2.62. The maximum atomic E-state index is 12.3. The van der Waals surface area contributed by atoms with Gasteiger partial charge in [0.1, 0.15) is 0 Å². The van der Waals surface area contributed by atoms with Crippen molar-refractivity contribution in [3.63, 3.8) is 0 Å². The molecular formula is C20H16N4O2S. The molecule has 7 heteroatoms. The number of rotatable bonds is 4. The zero-order valence-electron chi connectivity index (χ0n) is 14.8. The Labute approximate surface area is 159 Å². The first-order chi connectivity index (χ1) is 13.1.